The summed E-state index contributed by atoms with van der Waals surface area (Å²) in [6.07, 6.45) is 0. The Balaban J connectivity index is 3.41. The maximum absolute atomic E-state index is 10.9. The number of nitro groups is 1. The molecule has 74 valence electrons. The second-order valence-electron chi connectivity index (χ2n) is 2.61. The molecule has 0 aliphatic rings. The summed E-state index contributed by atoms with van der Waals surface area (Å²) in [6.45, 7) is 1.26. The highest BCUT2D eigenvalue weighted by Crippen LogP contribution is 2.35. The van der Waals surface area contributed by atoms with Crippen molar-refractivity contribution in [2.45, 2.75) is 6.92 Å². The van der Waals surface area contributed by atoms with Crippen molar-refractivity contribution < 1.29 is 14.8 Å². The van der Waals surface area contributed by atoms with E-state index in [2.05, 4.69) is 0 Å². The van der Waals surface area contributed by atoms with Gasteiger partial charge in [-0.3, -0.25) is 14.9 Å². The minimum Gasteiger partial charge on any atom is -0.501 e. The van der Waals surface area contributed by atoms with Crippen molar-refractivity contribution in [3.05, 3.63) is 32.8 Å². The maximum Gasteiger partial charge on any atom is 0.312 e. The third-order valence-electron chi connectivity index (χ3n) is 1.67. The van der Waals surface area contributed by atoms with Crippen molar-refractivity contribution in [3.63, 3.8) is 0 Å². The van der Waals surface area contributed by atoms with Gasteiger partial charge in [-0.05, 0) is 13.0 Å². The van der Waals surface area contributed by atoms with Gasteiger partial charge in [-0.1, -0.05) is 11.6 Å². The van der Waals surface area contributed by atoms with Crippen LogP contribution in [0.2, 0.25) is 5.02 Å². The quantitative estimate of drug-likeness (QED) is 0.466. The number of rotatable bonds is 2. The fraction of sp³-hybridized carbons (Fsp3) is 0.125. The lowest BCUT2D eigenvalue weighted by atomic mass is 10.1. The van der Waals surface area contributed by atoms with E-state index in [-0.39, 0.29) is 16.4 Å². The second kappa shape index (κ2) is 3.63. The molecule has 1 rings (SSSR count). The van der Waals surface area contributed by atoms with E-state index in [9.17, 15) is 20.0 Å². The van der Waals surface area contributed by atoms with E-state index >= 15 is 0 Å². The van der Waals surface area contributed by atoms with Gasteiger partial charge < -0.3 is 5.11 Å². The van der Waals surface area contributed by atoms with E-state index in [1.807, 2.05) is 0 Å². The van der Waals surface area contributed by atoms with Crippen molar-refractivity contribution >= 4 is 23.1 Å². The molecule has 0 atom stereocenters. The number of aromatic hydroxyl groups is 1. The summed E-state index contributed by atoms with van der Waals surface area (Å²) in [6, 6.07) is 2.25. The van der Waals surface area contributed by atoms with E-state index < -0.39 is 16.4 Å². The van der Waals surface area contributed by atoms with Gasteiger partial charge in [0.2, 0.25) is 5.75 Å². The Morgan fingerprint density at radius 1 is 1.57 bits per heavy atom. The zero-order valence-corrected chi connectivity index (χ0v) is 7.91. The van der Waals surface area contributed by atoms with Gasteiger partial charge in [0.25, 0.3) is 0 Å². The molecule has 14 heavy (non-hydrogen) atoms. The average Bonchev–Trinajstić information content (AvgIpc) is 2.08. The Hall–Kier alpha value is -1.62. The fourth-order valence-electron chi connectivity index (χ4n) is 0.974. The molecule has 0 spiro atoms. The van der Waals surface area contributed by atoms with Gasteiger partial charge in [-0.25, -0.2) is 0 Å². The monoisotopic (exact) mass is 215 g/mol. The van der Waals surface area contributed by atoms with Gasteiger partial charge in [-0.15, -0.1) is 0 Å². The Morgan fingerprint density at radius 2 is 2.14 bits per heavy atom. The van der Waals surface area contributed by atoms with Crippen LogP contribution in [0.3, 0.4) is 0 Å². The number of phenols is 1. The lowest BCUT2D eigenvalue weighted by molar-refractivity contribution is -0.385. The van der Waals surface area contributed by atoms with Crippen molar-refractivity contribution in [1.29, 1.82) is 0 Å². The lowest BCUT2D eigenvalue weighted by Gasteiger charge is -2.02. The summed E-state index contributed by atoms with van der Waals surface area (Å²) < 4.78 is 0. The first-order valence-electron chi connectivity index (χ1n) is 3.62. The number of hydrogen-bond acceptors (Lipinski definition) is 4. The third kappa shape index (κ3) is 1.67. The van der Waals surface area contributed by atoms with E-state index in [1.165, 1.54) is 13.0 Å². The number of Topliss-reactive ketones (excluding diaryl/α,β-unsaturated/α-hetero) is 1. The Bertz CT molecular complexity index is 377. The normalized spacial score (nSPS) is 9.86. The smallest absolute Gasteiger partial charge is 0.312 e. The van der Waals surface area contributed by atoms with Crippen LogP contribution in [0.25, 0.3) is 0 Å². The van der Waals surface area contributed by atoms with Crippen molar-refractivity contribution in [1.82, 2.24) is 0 Å². The van der Waals surface area contributed by atoms with Crippen LogP contribution in [0.15, 0.2) is 12.1 Å². The minimum atomic E-state index is -0.773. The van der Waals surface area contributed by atoms with E-state index in [1.54, 1.807) is 0 Å². The number of hydrogen-bond donors (Lipinski definition) is 1. The van der Waals surface area contributed by atoms with Crippen LogP contribution in [-0.4, -0.2) is 15.8 Å². The van der Waals surface area contributed by atoms with E-state index in [0.717, 1.165) is 6.07 Å². The predicted molar refractivity (Wildman–Crippen MR) is 49.8 cm³/mol. The zero-order valence-electron chi connectivity index (χ0n) is 7.15. The summed E-state index contributed by atoms with van der Waals surface area (Å²) in [5.74, 6) is -1.04. The SMILES string of the molecule is CC(=O)c1ccc([N+](=O)[O-])c(O)c1Cl. The molecule has 0 aliphatic carbocycles. The van der Waals surface area contributed by atoms with Gasteiger partial charge in [-0.2, -0.15) is 0 Å². The van der Waals surface area contributed by atoms with Gasteiger partial charge >= 0.3 is 5.69 Å². The van der Waals surface area contributed by atoms with Crippen LogP contribution in [0.4, 0.5) is 5.69 Å². The van der Waals surface area contributed by atoms with Gasteiger partial charge in [0.1, 0.15) is 5.02 Å². The van der Waals surface area contributed by atoms with Crippen LogP contribution in [-0.2, 0) is 0 Å². The standard InChI is InChI=1S/C8H6ClNO4/c1-4(11)5-2-3-6(10(13)14)8(12)7(5)9/h2-3,12H,1H3. The summed E-state index contributed by atoms with van der Waals surface area (Å²) >= 11 is 5.56. The molecule has 1 N–H and O–H groups in total. The van der Waals surface area contributed by atoms with Crippen molar-refractivity contribution in [2.75, 3.05) is 0 Å². The number of nitrogens with zero attached hydrogens (tertiary/aromatic N) is 1. The molecule has 0 aromatic heterocycles. The maximum atomic E-state index is 10.9. The summed E-state index contributed by atoms with van der Waals surface area (Å²) in [5, 5.41) is 19.3. The molecule has 0 radical (unpaired) electrons. The van der Waals surface area contributed by atoms with Crippen LogP contribution in [0, 0.1) is 10.1 Å². The molecule has 0 amide bonds. The third-order valence-corrected chi connectivity index (χ3v) is 2.05. The van der Waals surface area contributed by atoms with Gasteiger partial charge in [0.05, 0.1) is 4.92 Å². The first-order valence-corrected chi connectivity index (χ1v) is 3.99. The molecule has 6 heteroatoms. The summed E-state index contributed by atoms with van der Waals surface area (Å²) in [4.78, 5) is 20.5. The predicted octanol–water partition coefficient (Wildman–Crippen LogP) is 2.16. The van der Waals surface area contributed by atoms with Crippen LogP contribution in [0.5, 0.6) is 5.75 Å². The molecule has 0 saturated carbocycles. The molecule has 0 bridgehead atoms. The van der Waals surface area contributed by atoms with Crippen LogP contribution in [0.1, 0.15) is 17.3 Å². The van der Waals surface area contributed by atoms with Gasteiger partial charge in [0.15, 0.2) is 5.78 Å². The number of carbonyl (C=O) groups excluding carboxylic acids is 1. The van der Waals surface area contributed by atoms with Crippen molar-refractivity contribution in [3.8, 4) is 5.75 Å². The lowest BCUT2D eigenvalue weighted by Crippen LogP contribution is -1.96. The Morgan fingerprint density at radius 3 is 2.57 bits per heavy atom. The summed E-state index contributed by atoms with van der Waals surface area (Å²) in [7, 11) is 0. The highest BCUT2D eigenvalue weighted by molar-refractivity contribution is 6.35. The number of phenolic OH excluding ortho intramolecular Hbond substituents is 1. The van der Waals surface area contributed by atoms with E-state index in [4.69, 9.17) is 11.6 Å². The highest BCUT2D eigenvalue weighted by atomic mass is 35.5. The molecular formula is C8H6ClNO4. The molecule has 0 saturated heterocycles. The number of ketones is 1. The fourth-order valence-corrected chi connectivity index (χ4v) is 1.27. The second-order valence-corrected chi connectivity index (χ2v) is 2.99. The Labute approximate surface area is 84.1 Å². The molecule has 0 heterocycles. The topological polar surface area (TPSA) is 80.4 Å². The van der Waals surface area contributed by atoms with E-state index in [0.29, 0.717) is 0 Å². The van der Waals surface area contributed by atoms with Crippen molar-refractivity contribution in [2.24, 2.45) is 0 Å². The number of carbonyl (C=O) groups is 1. The average molecular weight is 216 g/mol. The molecule has 1 aromatic rings. The molecule has 0 unspecified atom stereocenters. The number of benzene rings is 1. The largest absolute Gasteiger partial charge is 0.501 e. The molecule has 1 aromatic carbocycles. The molecule has 0 aliphatic heterocycles. The van der Waals surface area contributed by atoms with Crippen LogP contribution < -0.4 is 0 Å². The molecular weight excluding hydrogens is 210 g/mol. The highest BCUT2D eigenvalue weighted by Gasteiger charge is 2.20. The first-order chi connectivity index (χ1) is 6.45. The van der Waals surface area contributed by atoms with Gasteiger partial charge in [0, 0.05) is 11.6 Å². The van der Waals surface area contributed by atoms with Crippen LogP contribution >= 0.6 is 11.6 Å². The summed E-state index contributed by atoms with van der Waals surface area (Å²) in [5.41, 5.74) is -0.449. The Kier molecular flexibility index (Phi) is 2.71. The minimum absolute atomic E-state index is 0.0646. The molecule has 0 fully saturated rings. The first kappa shape index (κ1) is 10.5. The number of halogens is 1. The number of nitro benzene ring substituents is 1. The molecule has 5 nitrogen and oxygen atoms in total. The zero-order chi connectivity index (χ0) is 10.9.